The Morgan fingerprint density at radius 3 is 1.66 bits per heavy atom. The van der Waals surface area contributed by atoms with Crippen LogP contribution in [0.4, 0.5) is 5.95 Å². The average molecular weight is 390 g/mol. The number of hydrogen-bond donors (Lipinski definition) is 0. The standard InChI is InChI=1S/C23H26N4O2/c1-28-20-17-21(29-2)25-23(24-20)27-15-13-26(14-16-27)22(18-9-5-3-6-10-18)19-11-7-4-8-12-19/h3-12,17,22H,13-16H2,1-2H3. The molecule has 0 amide bonds. The lowest BCUT2D eigenvalue weighted by molar-refractivity contribution is 0.211. The summed E-state index contributed by atoms with van der Waals surface area (Å²) in [4.78, 5) is 13.7. The van der Waals surface area contributed by atoms with Gasteiger partial charge in [-0.25, -0.2) is 0 Å². The first-order valence-electron chi connectivity index (χ1n) is 9.84. The molecule has 2 heterocycles. The lowest BCUT2D eigenvalue weighted by Gasteiger charge is -2.39. The van der Waals surface area contributed by atoms with Gasteiger partial charge in [0.2, 0.25) is 17.7 Å². The minimum absolute atomic E-state index is 0.236. The SMILES string of the molecule is COc1cc(OC)nc(N2CCN(C(c3ccccc3)c3ccccc3)CC2)n1. The molecule has 1 aromatic heterocycles. The Hall–Kier alpha value is -3.12. The largest absolute Gasteiger partial charge is 0.481 e. The van der Waals surface area contributed by atoms with Crippen LogP contribution in [0.3, 0.4) is 0 Å². The molecule has 4 rings (SSSR count). The van der Waals surface area contributed by atoms with Gasteiger partial charge in [-0.05, 0) is 11.1 Å². The fraction of sp³-hybridized carbons (Fsp3) is 0.304. The first kappa shape index (κ1) is 19.2. The Morgan fingerprint density at radius 1 is 0.724 bits per heavy atom. The van der Waals surface area contributed by atoms with E-state index in [1.165, 1.54) is 11.1 Å². The number of anilines is 1. The topological polar surface area (TPSA) is 50.7 Å². The first-order valence-corrected chi connectivity index (χ1v) is 9.84. The second-order valence-corrected chi connectivity index (χ2v) is 7.00. The molecule has 0 radical (unpaired) electrons. The van der Waals surface area contributed by atoms with Crippen molar-refractivity contribution < 1.29 is 9.47 Å². The molecule has 6 nitrogen and oxygen atoms in total. The summed E-state index contributed by atoms with van der Waals surface area (Å²) in [6, 6.07) is 23.3. The molecule has 2 aromatic carbocycles. The van der Waals surface area contributed by atoms with Crippen LogP contribution in [0.5, 0.6) is 11.8 Å². The minimum atomic E-state index is 0.236. The summed E-state index contributed by atoms with van der Waals surface area (Å²) in [7, 11) is 3.21. The van der Waals surface area contributed by atoms with E-state index in [-0.39, 0.29) is 6.04 Å². The van der Waals surface area contributed by atoms with Gasteiger partial charge in [0.05, 0.1) is 26.3 Å². The molecule has 3 aromatic rings. The summed E-state index contributed by atoms with van der Waals surface area (Å²) in [6.07, 6.45) is 0. The predicted molar refractivity (Wildman–Crippen MR) is 114 cm³/mol. The van der Waals surface area contributed by atoms with Crippen molar-refractivity contribution in [3.63, 3.8) is 0 Å². The van der Waals surface area contributed by atoms with E-state index < -0.39 is 0 Å². The van der Waals surface area contributed by atoms with Crippen LogP contribution in [0.15, 0.2) is 66.7 Å². The third-order valence-corrected chi connectivity index (χ3v) is 5.28. The van der Waals surface area contributed by atoms with Crippen molar-refractivity contribution in [2.75, 3.05) is 45.3 Å². The number of piperazine rings is 1. The fourth-order valence-electron chi connectivity index (χ4n) is 3.81. The van der Waals surface area contributed by atoms with E-state index in [1.807, 2.05) is 0 Å². The molecule has 0 atom stereocenters. The summed E-state index contributed by atoms with van der Waals surface area (Å²) >= 11 is 0. The summed E-state index contributed by atoms with van der Waals surface area (Å²) in [5, 5.41) is 0. The number of benzene rings is 2. The summed E-state index contributed by atoms with van der Waals surface area (Å²) < 4.78 is 10.6. The van der Waals surface area contributed by atoms with Gasteiger partial charge in [0.25, 0.3) is 0 Å². The third kappa shape index (κ3) is 4.32. The molecule has 1 aliphatic rings. The Morgan fingerprint density at radius 2 is 1.21 bits per heavy atom. The molecule has 1 aliphatic heterocycles. The van der Waals surface area contributed by atoms with Crippen LogP contribution in [-0.4, -0.2) is 55.3 Å². The van der Waals surface area contributed by atoms with Crippen molar-refractivity contribution in [2.24, 2.45) is 0 Å². The van der Waals surface area contributed by atoms with Crippen LogP contribution in [0.25, 0.3) is 0 Å². The van der Waals surface area contributed by atoms with Gasteiger partial charge < -0.3 is 14.4 Å². The number of hydrogen-bond acceptors (Lipinski definition) is 6. The normalized spacial score (nSPS) is 14.8. The Labute approximate surface area is 171 Å². The molecule has 1 saturated heterocycles. The molecule has 1 fully saturated rings. The molecular weight excluding hydrogens is 364 g/mol. The van der Waals surface area contributed by atoms with Crippen molar-refractivity contribution in [3.05, 3.63) is 77.9 Å². The maximum atomic E-state index is 5.29. The van der Waals surface area contributed by atoms with Crippen LogP contribution >= 0.6 is 0 Å². The van der Waals surface area contributed by atoms with Gasteiger partial charge in [0, 0.05) is 26.2 Å². The maximum Gasteiger partial charge on any atom is 0.232 e. The molecule has 6 heteroatoms. The first-order chi connectivity index (χ1) is 14.3. The van der Waals surface area contributed by atoms with E-state index >= 15 is 0 Å². The van der Waals surface area contributed by atoms with Crippen LogP contribution < -0.4 is 14.4 Å². The Balaban J connectivity index is 1.54. The van der Waals surface area contributed by atoms with Gasteiger partial charge in [0.1, 0.15) is 0 Å². The molecular formula is C23H26N4O2. The molecule has 0 bridgehead atoms. The maximum absolute atomic E-state index is 5.29. The number of rotatable bonds is 6. The summed E-state index contributed by atoms with van der Waals surface area (Å²) in [6.45, 7) is 3.51. The van der Waals surface area contributed by atoms with Gasteiger partial charge in [-0.2, -0.15) is 9.97 Å². The lowest BCUT2D eigenvalue weighted by atomic mass is 9.96. The average Bonchev–Trinajstić information content (AvgIpc) is 2.81. The van der Waals surface area contributed by atoms with Crippen LogP contribution in [0.2, 0.25) is 0 Å². The quantitative estimate of drug-likeness (QED) is 0.643. The van der Waals surface area contributed by atoms with Crippen LogP contribution in [-0.2, 0) is 0 Å². The van der Waals surface area contributed by atoms with Gasteiger partial charge >= 0.3 is 0 Å². The molecule has 0 saturated carbocycles. The number of aromatic nitrogens is 2. The number of ether oxygens (including phenoxy) is 2. The Bertz CT molecular complexity index is 851. The van der Waals surface area contributed by atoms with Gasteiger partial charge in [-0.15, -0.1) is 0 Å². The highest BCUT2D eigenvalue weighted by atomic mass is 16.5. The third-order valence-electron chi connectivity index (χ3n) is 5.28. The highest BCUT2D eigenvalue weighted by Crippen LogP contribution is 2.30. The number of nitrogens with zero attached hydrogens (tertiary/aromatic N) is 4. The van der Waals surface area contributed by atoms with Crippen LogP contribution in [0, 0.1) is 0 Å². The van der Waals surface area contributed by atoms with Gasteiger partial charge in [0.15, 0.2) is 0 Å². The predicted octanol–water partition coefficient (Wildman–Crippen LogP) is 3.41. The van der Waals surface area contributed by atoms with E-state index in [9.17, 15) is 0 Å². The number of methoxy groups -OCH3 is 2. The second kappa shape index (κ2) is 8.92. The van der Waals surface area contributed by atoms with E-state index in [1.54, 1.807) is 20.3 Å². The van der Waals surface area contributed by atoms with E-state index in [2.05, 4.69) is 80.4 Å². The molecule has 0 N–H and O–H groups in total. The van der Waals surface area contributed by atoms with Crippen LogP contribution in [0.1, 0.15) is 17.2 Å². The zero-order valence-electron chi connectivity index (χ0n) is 16.9. The van der Waals surface area contributed by atoms with E-state index in [0.717, 1.165) is 26.2 Å². The fourth-order valence-corrected chi connectivity index (χ4v) is 3.81. The molecule has 0 unspecified atom stereocenters. The Kier molecular flexibility index (Phi) is 5.91. The summed E-state index contributed by atoms with van der Waals surface area (Å²) in [5.41, 5.74) is 2.62. The van der Waals surface area contributed by atoms with Gasteiger partial charge in [-0.1, -0.05) is 60.7 Å². The lowest BCUT2D eigenvalue weighted by Crippen LogP contribution is -2.48. The highest BCUT2D eigenvalue weighted by molar-refractivity contribution is 5.38. The smallest absolute Gasteiger partial charge is 0.232 e. The van der Waals surface area contributed by atoms with Crippen molar-refractivity contribution in [1.82, 2.24) is 14.9 Å². The van der Waals surface area contributed by atoms with Crippen molar-refractivity contribution in [1.29, 1.82) is 0 Å². The molecule has 0 aliphatic carbocycles. The van der Waals surface area contributed by atoms with Crippen molar-refractivity contribution in [2.45, 2.75) is 6.04 Å². The van der Waals surface area contributed by atoms with Gasteiger partial charge in [-0.3, -0.25) is 4.90 Å². The highest BCUT2D eigenvalue weighted by Gasteiger charge is 2.27. The minimum Gasteiger partial charge on any atom is -0.481 e. The molecule has 29 heavy (non-hydrogen) atoms. The van der Waals surface area contributed by atoms with Crippen molar-refractivity contribution >= 4 is 5.95 Å². The zero-order chi connectivity index (χ0) is 20.1. The molecule has 0 spiro atoms. The van der Waals surface area contributed by atoms with Crippen molar-refractivity contribution in [3.8, 4) is 11.8 Å². The summed E-state index contributed by atoms with van der Waals surface area (Å²) in [5.74, 6) is 1.68. The second-order valence-electron chi connectivity index (χ2n) is 7.00. The van der Waals surface area contributed by atoms with E-state index in [4.69, 9.17) is 9.47 Å². The zero-order valence-corrected chi connectivity index (χ0v) is 16.9. The monoisotopic (exact) mass is 390 g/mol. The van der Waals surface area contributed by atoms with E-state index in [0.29, 0.717) is 17.7 Å². The molecule has 150 valence electrons.